The second-order valence-electron chi connectivity index (χ2n) is 6.67. The van der Waals surface area contributed by atoms with Crippen LogP contribution in [0.25, 0.3) is 0 Å². The zero-order valence-electron chi connectivity index (χ0n) is 16.1. The Labute approximate surface area is 169 Å². The lowest BCUT2D eigenvalue weighted by Crippen LogP contribution is -2.48. The van der Waals surface area contributed by atoms with Gasteiger partial charge in [-0.1, -0.05) is 0 Å². The van der Waals surface area contributed by atoms with E-state index in [1.54, 1.807) is 12.1 Å². The second kappa shape index (κ2) is 8.41. The summed E-state index contributed by atoms with van der Waals surface area (Å²) >= 11 is 1.19. The number of rotatable bonds is 6. The molecule has 9 nitrogen and oxygen atoms in total. The molecule has 28 heavy (non-hydrogen) atoms. The van der Waals surface area contributed by atoms with Crippen LogP contribution in [0.3, 0.4) is 0 Å². The summed E-state index contributed by atoms with van der Waals surface area (Å²) in [5.41, 5.74) is 0. The van der Waals surface area contributed by atoms with Gasteiger partial charge in [0, 0.05) is 52.1 Å². The summed E-state index contributed by atoms with van der Waals surface area (Å²) in [6.45, 7) is 3.66. The Balaban J connectivity index is 1.62. The molecule has 0 spiro atoms. The van der Waals surface area contributed by atoms with Crippen molar-refractivity contribution >= 4 is 38.9 Å². The number of piperazine rings is 1. The molecule has 2 aromatic rings. The van der Waals surface area contributed by atoms with Gasteiger partial charge in [0.05, 0.1) is 6.54 Å². The summed E-state index contributed by atoms with van der Waals surface area (Å²) in [5, 5.41) is 11.1. The van der Waals surface area contributed by atoms with Crippen molar-refractivity contribution in [1.29, 1.82) is 0 Å². The van der Waals surface area contributed by atoms with E-state index in [9.17, 15) is 13.2 Å². The van der Waals surface area contributed by atoms with Crippen LogP contribution in [0.5, 0.6) is 0 Å². The minimum absolute atomic E-state index is 0.143. The van der Waals surface area contributed by atoms with Gasteiger partial charge in [-0.3, -0.25) is 4.79 Å². The average Bonchev–Trinajstić information content (AvgIpc) is 3.16. The van der Waals surface area contributed by atoms with Crippen molar-refractivity contribution in [3.8, 4) is 0 Å². The van der Waals surface area contributed by atoms with Gasteiger partial charge in [0.1, 0.15) is 4.21 Å². The number of carbonyl (C=O) groups is 1. The zero-order valence-corrected chi connectivity index (χ0v) is 17.8. The summed E-state index contributed by atoms with van der Waals surface area (Å²) in [6, 6.07) is 7.15. The molecule has 0 atom stereocenters. The molecule has 2 aromatic heterocycles. The van der Waals surface area contributed by atoms with E-state index in [2.05, 4.69) is 15.5 Å². The number of carbonyl (C=O) groups excluding carboxylic acids is 1. The molecular weight excluding hydrogens is 400 g/mol. The van der Waals surface area contributed by atoms with Crippen LogP contribution in [-0.2, 0) is 21.4 Å². The molecule has 1 aliphatic heterocycles. The van der Waals surface area contributed by atoms with Crippen molar-refractivity contribution in [2.45, 2.75) is 17.7 Å². The molecule has 0 aliphatic carbocycles. The minimum Gasteiger partial charge on any atom is -0.361 e. The third-order valence-corrected chi connectivity index (χ3v) is 7.85. The van der Waals surface area contributed by atoms with Crippen LogP contribution in [0.4, 0.5) is 11.6 Å². The van der Waals surface area contributed by atoms with Crippen LogP contribution in [0.1, 0.15) is 11.8 Å². The molecule has 1 saturated heterocycles. The largest absolute Gasteiger partial charge is 0.361 e. The molecule has 0 bridgehead atoms. The number of anilines is 2. The molecule has 11 heteroatoms. The van der Waals surface area contributed by atoms with E-state index in [-0.39, 0.29) is 5.91 Å². The number of aromatic nitrogens is 2. The average molecular weight is 425 g/mol. The summed E-state index contributed by atoms with van der Waals surface area (Å²) in [4.78, 5) is 15.7. The number of sulfonamides is 1. The van der Waals surface area contributed by atoms with E-state index in [1.807, 2.05) is 36.0 Å². The second-order valence-corrected chi connectivity index (χ2v) is 10.00. The molecule has 152 valence electrons. The highest BCUT2D eigenvalue weighted by Crippen LogP contribution is 2.26. The topological polar surface area (TPSA) is 98.7 Å². The van der Waals surface area contributed by atoms with Gasteiger partial charge >= 0.3 is 0 Å². The standard InChI is InChI=1S/C17H24N6O3S2/c1-13(24)18-12-14-4-7-17(27-14)28(25,26)23-10-8-22(9-11-23)16-6-5-15(19-20-16)21(2)3/h4-7H,8-12H2,1-3H3,(H,18,24). The monoisotopic (exact) mass is 424 g/mol. The van der Waals surface area contributed by atoms with Crippen molar-refractivity contribution in [3.63, 3.8) is 0 Å². The quantitative estimate of drug-likeness (QED) is 0.731. The first-order chi connectivity index (χ1) is 13.3. The SMILES string of the molecule is CC(=O)NCc1ccc(S(=O)(=O)N2CCN(c3ccc(N(C)C)nn3)CC2)s1. The summed E-state index contributed by atoms with van der Waals surface area (Å²) < 4.78 is 27.6. The Hall–Kier alpha value is -2.24. The Morgan fingerprint density at radius 1 is 1.14 bits per heavy atom. The summed E-state index contributed by atoms with van der Waals surface area (Å²) in [7, 11) is 0.271. The number of hydrogen-bond acceptors (Lipinski definition) is 8. The highest BCUT2D eigenvalue weighted by Gasteiger charge is 2.30. The molecule has 1 aliphatic rings. The van der Waals surface area contributed by atoms with Crippen LogP contribution >= 0.6 is 11.3 Å². The van der Waals surface area contributed by atoms with Crippen molar-refractivity contribution in [1.82, 2.24) is 19.8 Å². The molecule has 0 aromatic carbocycles. The van der Waals surface area contributed by atoms with Crippen molar-refractivity contribution < 1.29 is 13.2 Å². The van der Waals surface area contributed by atoms with Gasteiger partial charge in [-0.25, -0.2) is 8.42 Å². The molecule has 3 rings (SSSR count). The number of thiophene rings is 1. The smallest absolute Gasteiger partial charge is 0.252 e. The Bertz CT molecular complexity index is 919. The van der Waals surface area contributed by atoms with Gasteiger partial charge in [0.15, 0.2) is 11.6 Å². The maximum atomic E-state index is 12.9. The number of nitrogens with zero attached hydrogens (tertiary/aromatic N) is 5. The number of hydrogen-bond donors (Lipinski definition) is 1. The fraction of sp³-hybridized carbons (Fsp3) is 0.471. The third kappa shape index (κ3) is 4.59. The van der Waals surface area contributed by atoms with Gasteiger partial charge < -0.3 is 15.1 Å². The van der Waals surface area contributed by atoms with Gasteiger partial charge in [-0.05, 0) is 24.3 Å². The zero-order chi connectivity index (χ0) is 20.3. The predicted octanol–water partition coefficient (Wildman–Crippen LogP) is 0.751. The van der Waals surface area contributed by atoms with Crippen molar-refractivity contribution in [3.05, 3.63) is 29.1 Å². The minimum atomic E-state index is -3.53. The molecule has 1 amide bonds. The van der Waals surface area contributed by atoms with Crippen LogP contribution in [0.15, 0.2) is 28.5 Å². The summed E-state index contributed by atoms with van der Waals surface area (Å²) in [6.07, 6.45) is 0. The van der Waals surface area contributed by atoms with Crippen LogP contribution < -0.4 is 15.1 Å². The van der Waals surface area contributed by atoms with E-state index in [0.717, 1.165) is 16.5 Å². The molecule has 0 radical (unpaired) electrons. The fourth-order valence-electron chi connectivity index (χ4n) is 2.81. The molecule has 1 N–H and O–H groups in total. The first-order valence-electron chi connectivity index (χ1n) is 8.86. The Morgan fingerprint density at radius 2 is 1.86 bits per heavy atom. The Morgan fingerprint density at radius 3 is 2.43 bits per heavy atom. The lowest BCUT2D eigenvalue weighted by Gasteiger charge is -2.34. The van der Waals surface area contributed by atoms with Gasteiger partial charge in [-0.15, -0.1) is 21.5 Å². The Kier molecular flexibility index (Phi) is 6.16. The molecule has 1 fully saturated rings. The van der Waals surface area contributed by atoms with Crippen molar-refractivity contribution in [2.75, 3.05) is 50.1 Å². The molecular formula is C17H24N6O3S2. The lowest BCUT2D eigenvalue weighted by atomic mass is 10.3. The van der Waals surface area contributed by atoms with Crippen LogP contribution in [0, 0.1) is 0 Å². The van der Waals surface area contributed by atoms with Crippen molar-refractivity contribution in [2.24, 2.45) is 0 Å². The lowest BCUT2D eigenvalue weighted by molar-refractivity contribution is -0.119. The van der Waals surface area contributed by atoms with Crippen LogP contribution in [-0.4, -0.2) is 69.1 Å². The first-order valence-corrected chi connectivity index (χ1v) is 11.1. The maximum absolute atomic E-state index is 12.9. The van der Waals surface area contributed by atoms with Gasteiger partial charge in [0.25, 0.3) is 10.0 Å². The van der Waals surface area contributed by atoms with Crippen LogP contribution in [0.2, 0.25) is 0 Å². The van der Waals surface area contributed by atoms with E-state index >= 15 is 0 Å². The van der Waals surface area contributed by atoms with E-state index in [1.165, 1.54) is 22.6 Å². The predicted molar refractivity (Wildman–Crippen MR) is 109 cm³/mol. The number of nitrogens with one attached hydrogen (secondary N) is 1. The first kappa shape index (κ1) is 20.5. The number of amides is 1. The molecule has 3 heterocycles. The van der Waals surface area contributed by atoms with E-state index < -0.39 is 10.0 Å². The molecule has 0 saturated carbocycles. The fourth-order valence-corrected chi connectivity index (χ4v) is 5.69. The van der Waals surface area contributed by atoms with E-state index in [4.69, 9.17) is 0 Å². The van der Waals surface area contributed by atoms with Gasteiger partial charge in [0.2, 0.25) is 5.91 Å². The van der Waals surface area contributed by atoms with E-state index in [0.29, 0.717) is 36.9 Å². The highest BCUT2D eigenvalue weighted by atomic mass is 32.2. The highest BCUT2D eigenvalue weighted by molar-refractivity contribution is 7.91. The molecule has 0 unspecified atom stereocenters. The normalized spacial score (nSPS) is 15.5. The third-order valence-electron chi connectivity index (χ3n) is 4.40. The summed E-state index contributed by atoms with van der Waals surface area (Å²) in [5.74, 6) is 1.38. The van der Waals surface area contributed by atoms with Gasteiger partial charge in [-0.2, -0.15) is 4.31 Å². The maximum Gasteiger partial charge on any atom is 0.252 e.